The van der Waals surface area contributed by atoms with E-state index in [-0.39, 0.29) is 0 Å². The topological polar surface area (TPSA) is 76.9 Å². The predicted octanol–water partition coefficient (Wildman–Crippen LogP) is 1.91. The lowest BCUT2D eigenvalue weighted by Crippen LogP contribution is -2.24. The Labute approximate surface area is 135 Å². The highest BCUT2D eigenvalue weighted by Crippen LogP contribution is 2.25. The first-order valence-corrected chi connectivity index (χ1v) is 9.86. The molecule has 1 N–H and O–H groups in total. The third-order valence-corrected chi connectivity index (χ3v) is 4.81. The SMILES string of the molecule is CCn1c(SCCNS(C)(=O)=O)nnc1-c1ccccc1C. The minimum atomic E-state index is -3.14. The molecule has 0 atom stereocenters. The van der Waals surface area contributed by atoms with Crippen LogP contribution in [0.25, 0.3) is 11.4 Å². The average molecular weight is 340 g/mol. The molecule has 0 aliphatic carbocycles. The first-order valence-electron chi connectivity index (χ1n) is 6.99. The minimum absolute atomic E-state index is 0.375. The van der Waals surface area contributed by atoms with E-state index in [0.29, 0.717) is 12.3 Å². The van der Waals surface area contributed by atoms with Crippen LogP contribution in [0.15, 0.2) is 29.4 Å². The van der Waals surface area contributed by atoms with Gasteiger partial charge < -0.3 is 4.57 Å². The Kier molecular flexibility index (Phi) is 5.60. The normalized spacial score (nSPS) is 11.8. The summed E-state index contributed by atoms with van der Waals surface area (Å²) < 4.78 is 26.6. The van der Waals surface area contributed by atoms with Gasteiger partial charge in [0.2, 0.25) is 10.0 Å². The Bertz CT molecular complexity index is 741. The molecular formula is C14H20N4O2S2. The number of benzene rings is 1. The van der Waals surface area contributed by atoms with Crippen LogP contribution in [0.3, 0.4) is 0 Å². The Balaban J connectivity index is 2.13. The van der Waals surface area contributed by atoms with Crippen molar-refractivity contribution < 1.29 is 8.42 Å². The zero-order valence-electron chi connectivity index (χ0n) is 12.9. The number of rotatable bonds is 7. The van der Waals surface area contributed by atoms with Crippen LogP contribution in [0.1, 0.15) is 12.5 Å². The molecule has 1 heterocycles. The largest absolute Gasteiger partial charge is 0.302 e. The Morgan fingerprint density at radius 2 is 2.00 bits per heavy atom. The van der Waals surface area contributed by atoms with Gasteiger partial charge >= 0.3 is 0 Å². The first kappa shape index (κ1) is 17.0. The summed E-state index contributed by atoms with van der Waals surface area (Å²) in [6.07, 6.45) is 1.16. The highest BCUT2D eigenvalue weighted by Gasteiger charge is 2.14. The summed E-state index contributed by atoms with van der Waals surface area (Å²) in [5.41, 5.74) is 2.22. The van der Waals surface area contributed by atoms with Crippen molar-refractivity contribution in [1.82, 2.24) is 19.5 Å². The number of sulfonamides is 1. The molecule has 0 aliphatic rings. The molecule has 2 aromatic rings. The molecule has 0 fully saturated rings. The summed E-state index contributed by atoms with van der Waals surface area (Å²) in [5.74, 6) is 1.46. The molecule has 8 heteroatoms. The van der Waals surface area contributed by atoms with Gasteiger partial charge in [-0.05, 0) is 19.4 Å². The van der Waals surface area contributed by atoms with Crippen molar-refractivity contribution in [3.63, 3.8) is 0 Å². The van der Waals surface area contributed by atoms with Gasteiger partial charge in [0.1, 0.15) is 0 Å². The quantitative estimate of drug-likeness (QED) is 0.615. The van der Waals surface area contributed by atoms with Crippen LogP contribution in [0.2, 0.25) is 0 Å². The number of hydrogen-bond acceptors (Lipinski definition) is 5. The van der Waals surface area contributed by atoms with Gasteiger partial charge in [0.25, 0.3) is 0 Å². The molecular weight excluding hydrogens is 320 g/mol. The summed E-state index contributed by atoms with van der Waals surface area (Å²) in [7, 11) is -3.14. The van der Waals surface area contributed by atoms with E-state index < -0.39 is 10.0 Å². The smallest absolute Gasteiger partial charge is 0.208 e. The Morgan fingerprint density at radius 3 is 2.64 bits per heavy atom. The molecule has 0 radical (unpaired) electrons. The summed E-state index contributed by atoms with van der Waals surface area (Å²) in [6, 6.07) is 8.07. The maximum Gasteiger partial charge on any atom is 0.208 e. The zero-order chi connectivity index (χ0) is 16.2. The number of aromatic nitrogens is 3. The summed E-state index contributed by atoms with van der Waals surface area (Å²) in [6.45, 7) is 5.23. The fourth-order valence-electron chi connectivity index (χ4n) is 2.07. The van der Waals surface area contributed by atoms with Gasteiger partial charge in [-0.15, -0.1) is 10.2 Å². The number of nitrogens with one attached hydrogen (secondary N) is 1. The van der Waals surface area contributed by atoms with Crippen molar-refractivity contribution in [2.75, 3.05) is 18.6 Å². The minimum Gasteiger partial charge on any atom is -0.302 e. The molecule has 0 bridgehead atoms. The molecule has 0 spiro atoms. The van der Waals surface area contributed by atoms with Gasteiger partial charge in [0, 0.05) is 24.4 Å². The summed E-state index contributed by atoms with van der Waals surface area (Å²) in [5, 5.41) is 9.34. The monoisotopic (exact) mass is 340 g/mol. The maximum atomic E-state index is 11.0. The van der Waals surface area contributed by atoms with E-state index in [0.717, 1.165) is 34.9 Å². The van der Waals surface area contributed by atoms with Crippen LogP contribution in [-0.2, 0) is 16.6 Å². The Hall–Kier alpha value is -1.38. The van der Waals surface area contributed by atoms with E-state index in [1.54, 1.807) is 0 Å². The van der Waals surface area contributed by atoms with Crippen LogP contribution >= 0.6 is 11.8 Å². The van der Waals surface area contributed by atoms with Crippen molar-refractivity contribution in [3.05, 3.63) is 29.8 Å². The van der Waals surface area contributed by atoms with E-state index in [1.807, 2.05) is 42.7 Å². The molecule has 0 aliphatic heterocycles. The molecule has 0 amide bonds. The lowest BCUT2D eigenvalue weighted by molar-refractivity contribution is 0.590. The fourth-order valence-corrected chi connectivity index (χ4v) is 3.53. The van der Waals surface area contributed by atoms with Crippen molar-refractivity contribution >= 4 is 21.8 Å². The van der Waals surface area contributed by atoms with Gasteiger partial charge in [-0.25, -0.2) is 13.1 Å². The van der Waals surface area contributed by atoms with Crippen LogP contribution in [0, 0.1) is 6.92 Å². The molecule has 0 saturated heterocycles. The van der Waals surface area contributed by atoms with Crippen LogP contribution in [0.4, 0.5) is 0 Å². The molecule has 6 nitrogen and oxygen atoms in total. The second-order valence-electron chi connectivity index (χ2n) is 4.88. The zero-order valence-corrected chi connectivity index (χ0v) is 14.5. The third kappa shape index (κ3) is 4.31. The second kappa shape index (κ2) is 7.26. The van der Waals surface area contributed by atoms with Crippen LogP contribution in [-0.4, -0.2) is 41.7 Å². The molecule has 2 rings (SSSR count). The fraction of sp³-hybridized carbons (Fsp3) is 0.429. The second-order valence-corrected chi connectivity index (χ2v) is 7.78. The van der Waals surface area contributed by atoms with Gasteiger partial charge in [0.15, 0.2) is 11.0 Å². The highest BCUT2D eigenvalue weighted by molar-refractivity contribution is 7.99. The molecule has 1 aromatic heterocycles. The van der Waals surface area contributed by atoms with Crippen molar-refractivity contribution in [2.45, 2.75) is 25.5 Å². The predicted molar refractivity (Wildman–Crippen MR) is 89.4 cm³/mol. The standard InChI is InChI=1S/C14H20N4O2S2/c1-4-18-13(12-8-6-5-7-11(12)2)16-17-14(18)21-10-9-15-22(3,19)20/h5-8,15H,4,9-10H2,1-3H3. The lowest BCUT2D eigenvalue weighted by atomic mass is 10.1. The van der Waals surface area contributed by atoms with Crippen molar-refractivity contribution in [3.8, 4) is 11.4 Å². The van der Waals surface area contributed by atoms with Crippen molar-refractivity contribution in [1.29, 1.82) is 0 Å². The van der Waals surface area contributed by atoms with Crippen LogP contribution < -0.4 is 4.72 Å². The van der Waals surface area contributed by atoms with E-state index in [4.69, 9.17) is 0 Å². The first-order chi connectivity index (χ1) is 10.4. The van der Waals surface area contributed by atoms with E-state index in [1.165, 1.54) is 11.8 Å². The van der Waals surface area contributed by atoms with Crippen LogP contribution in [0.5, 0.6) is 0 Å². The van der Waals surface area contributed by atoms with Gasteiger partial charge in [-0.2, -0.15) is 0 Å². The average Bonchev–Trinajstić information content (AvgIpc) is 2.86. The number of aryl methyl sites for hydroxylation is 1. The van der Waals surface area contributed by atoms with Gasteiger partial charge in [-0.1, -0.05) is 36.0 Å². The number of thioether (sulfide) groups is 1. The van der Waals surface area contributed by atoms with E-state index in [9.17, 15) is 8.42 Å². The van der Waals surface area contributed by atoms with Gasteiger partial charge in [-0.3, -0.25) is 0 Å². The maximum absolute atomic E-state index is 11.0. The highest BCUT2D eigenvalue weighted by atomic mass is 32.2. The molecule has 1 aromatic carbocycles. The van der Waals surface area contributed by atoms with E-state index >= 15 is 0 Å². The molecule has 0 saturated carbocycles. The number of nitrogens with zero attached hydrogens (tertiary/aromatic N) is 3. The molecule has 0 unspecified atom stereocenters. The third-order valence-electron chi connectivity index (χ3n) is 3.12. The van der Waals surface area contributed by atoms with Crippen molar-refractivity contribution in [2.24, 2.45) is 0 Å². The van der Waals surface area contributed by atoms with E-state index in [2.05, 4.69) is 14.9 Å². The summed E-state index contributed by atoms with van der Waals surface area (Å²) in [4.78, 5) is 0. The Morgan fingerprint density at radius 1 is 1.27 bits per heavy atom. The summed E-state index contributed by atoms with van der Waals surface area (Å²) >= 11 is 1.50. The molecule has 22 heavy (non-hydrogen) atoms. The number of hydrogen-bond donors (Lipinski definition) is 1. The lowest BCUT2D eigenvalue weighted by Gasteiger charge is -2.09. The molecule has 120 valence electrons. The van der Waals surface area contributed by atoms with Gasteiger partial charge in [0.05, 0.1) is 6.26 Å².